The number of hydrogen-bond acceptors (Lipinski definition) is 5. The van der Waals surface area contributed by atoms with Gasteiger partial charge in [-0.25, -0.2) is 0 Å². The molecule has 3 rings (SSSR count). The molecular weight excluding hydrogens is 356 g/mol. The summed E-state index contributed by atoms with van der Waals surface area (Å²) in [6.45, 7) is 8.11. The van der Waals surface area contributed by atoms with E-state index in [4.69, 9.17) is 18.9 Å². The Morgan fingerprint density at radius 2 is 1.96 bits per heavy atom. The molecule has 2 aliphatic rings. The van der Waals surface area contributed by atoms with E-state index in [0.29, 0.717) is 19.6 Å². The fourth-order valence-corrected chi connectivity index (χ4v) is 4.12. The van der Waals surface area contributed by atoms with Crippen molar-refractivity contribution in [3.05, 3.63) is 41.5 Å². The fraction of sp³-hybridized carbons (Fsp3) is 0.652. The van der Waals surface area contributed by atoms with E-state index in [9.17, 15) is 5.11 Å². The molecule has 0 spiro atoms. The summed E-state index contributed by atoms with van der Waals surface area (Å²) in [5.74, 6) is -0.434. The highest BCUT2D eigenvalue weighted by molar-refractivity contribution is 5.26. The van der Waals surface area contributed by atoms with Gasteiger partial charge in [0.15, 0.2) is 5.79 Å². The highest BCUT2D eigenvalue weighted by atomic mass is 16.6. The van der Waals surface area contributed by atoms with Crippen LogP contribution in [0.2, 0.25) is 0 Å². The van der Waals surface area contributed by atoms with Crippen molar-refractivity contribution in [3.8, 4) is 5.75 Å². The average Bonchev–Trinajstić information content (AvgIpc) is 2.74. The van der Waals surface area contributed by atoms with Crippen molar-refractivity contribution in [2.45, 2.75) is 71.1 Å². The second kappa shape index (κ2) is 8.95. The second-order valence-corrected chi connectivity index (χ2v) is 8.83. The van der Waals surface area contributed by atoms with Crippen LogP contribution in [0.15, 0.2) is 35.9 Å². The lowest BCUT2D eigenvalue weighted by atomic mass is 9.81. The lowest BCUT2D eigenvalue weighted by Crippen LogP contribution is -2.43. The van der Waals surface area contributed by atoms with Crippen LogP contribution in [0.4, 0.5) is 0 Å². The van der Waals surface area contributed by atoms with Crippen LogP contribution in [-0.4, -0.2) is 43.4 Å². The summed E-state index contributed by atoms with van der Waals surface area (Å²) in [5, 5.41) is 11.4. The Hall–Kier alpha value is -1.40. The SMILES string of the molecule is COc1ccc(COC2C=C(C)C(O)(OC3CCCOC3)CC(C)(C)C2)cc1. The largest absolute Gasteiger partial charge is 0.497 e. The summed E-state index contributed by atoms with van der Waals surface area (Å²) in [6.07, 6.45) is 5.16. The zero-order chi connectivity index (χ0) is 20.2. The van der Waals surface area contributed by atoms with Crippen molar-refractivity contribution >= 4 is 0 Å². The van der Waals surface area contributed by atoms with E-state index in [-0.39, 0.29) is 17.6 Å². The summed E-state index contributed by atoms with van der Waals surface area (Å²) in [5.41, 5.74) is 1.80. The number of benzene rings is 1. The van der Waals surface area contributed by atoms with Crippen molar-refractivity contribution in [3.63, 3.8) is 0 Å². The fourth-order valence-electron chi connectivity index (χ4n) is 4.12. The van der Waals surface area contributed by atoms with Gasteiger partial charge < -0.3 is 24.1 Å². The van der Waals surface area contributed by atoms with Gasteiger partial charge in [-0.05, 0) is 54.9 Å². The summed E-state index contributed by atoms with van der Waals surface area (Å²) < 4.78 is 23.1. The monoisotopic (exact) mass is 390 g/mol. The van der Waals surface area contributed by atoms with E-state index in [1.807, 2.05) is 37.3 Å². The predicted octanol–water partition coefficient (Wildman–Crippen LogP) is 4.23. The van der Waals surface area contributed by atoms with Gasteiger partial charge in [0.25, 0.3) is 0 Å². The van der Waals surface area contributed by atoms with Crippen molar-refractivity contribution in [1.29, 1.82) is 0 Å². The Balaban J connectivity index is 1.69. The number of rotatable bonds is 6. The Kier molecular flexibility index (Phi) is 6.81. The van der Waals surface area contributed by atoms with Crippen molar-refractivity contribution in [2.75, 3.05) is 20.3 Å². The van der Waals surface area contributed by atoms with E-state index >= 15 is 0 Å². The van der Waals surface area contributed by atoms with Gasteiger partial charge in [0, 0.05) is 13.0 Å². The number of methoxy groups -OCH3 is 1. The summed E-state index contributed by atoms with van der Waals surface area (Å²) in [4.78, 5) is 0. The Labute approximate surface area is 168 Å². The zero-order valence-electron chi connectivity index (χ0n) is 17.6. The van der Waals surface area contributed by atoms with E-state index in [0.717, 1.165) is 42.8 Å². The molecule has 0 amide bonds. The number of hydrogen-bond donors (Lipinski definition) is 1. The molecule has 1 saturated heterocycles. The molecule has 0 saturated carbocycles. The minimum absolute atomic E-state index is 0.0605. The minimum Gasteiger partial charge on any atom is -0.497 e. The third kappa shape index (κ3) is 5.57. The molecule has 1 aliphatic carbocycles. The normalized spacial score (nSPS) is 30.4. The maximum absolute atomic E-state index is 11.4. The van der Waals surface area contributed by atoms with Crippen LogP contribution >= 0.6 is 0 Å². The van der Waals surface area contributed by atoms with Crippen LogP contribution in [0, 0.1) is 5.41 Å². The van der Waals surface area contributed by atoms with Gasteiger partial charge in [-0.3, -0.25) is 0 Å². The molecule has 5 heteroatoms. The summed E-state index contributed by atoms with van der Waals surface area (Å²) >= 11 is 0. The van der Waals surface area contributed by atoms with Gasteiger partial charge >= 0.3 is 0 Å². The van der Waals surface area contributed by atoms with Gasteiger partial charge in [-0.2, -0.15) is 0 Å². The molecule has 1 aromatic rings. The molecule has 0 bridgehead atoms. The summed E-state index contributed by atoms with van der Waals surface area (Å²) in [7, 11) is 1.66. The second-order valence-electron chi connectivity index (χ2n) is 8.83. The Morgan fingerprint density at radius 1 is 1.21 bits per heavy atom. The first kappa shape index (κ1) is 21.3. The van der Waals surface area contributed by atoms with E-state index in [1.165, 1.54) is 0 Å². The van der Waals surface area contributed by atoms with E-state index in [1.54, 1.807) is 7.11 Å². The van der Waals surface area contributed by atoms with Gasteiger partial charge in [-0.1, -0.05) is 32.1 Å². The predicted molar refractivity (Wildman–Crippen MR) is 108 cm³/mol. The first-order chi connectivity index (χ1) is 13.3. The number of ether oxygens (including phenoxy) is 4. The third-order valence-electron chi connectivity index (χ3n) is 5.63. The molecule has 0 radical (unpaired) electrons. The molecule has 1 N–H and O–H groups in total. The Morgan fingerprint density at radius 3 is 2.61 bits per heavy atom. The van der Waals surface area contributed by atoms with Crippen molar-refractivity contribution in [2.24, 2.45) is 5.41 Å². The molecule has 5 nitrogen and oxygen atoms in total. The first-order valence-corrected chi connectivity index (χ1v) is 10.2. The standard InChI is InChI=1S/C23H34O5/c1-17-12-21(27-14-18-7-9-19(25-4)10-8-18)13-22(2,3)16-23(17,24)28-20-6-5-11-26-15-20/h7-10,12,20-21,24H,5-6,11,13-16H2,1-4H3. The topological polar surface area (TPSA) is 57.2 Å². The average molecular weight is 391 g/mol. The maximum Gasteiger partial charge on any atom is 0.188 e. The molecular formula is C23H34O5. The lowest BCUT2D eigenvalue weighted by molar-refractivity contribution is -0.235. The molecule has 156 valence electrons. The van der Waals surface area contributed by atoms with Crippen LogP contribution in [-0.2, 0) is 20.8 Å². The van der Waals surface area contributed by atoms with Crippen LogP contribution in [0.3, 0.4) is 0 Å². The van der Waals surface area contributed by atoms with Gasteiger partial charge in [0.1, 0.15) is 5.75 Å². The number of aliphatic hydroxyl groups is 1. The van der Waals surface area contributed by atoms with Crippen molar-refractivity contribution < 1.29 is 24.1 Å². The lowest BCUT2D eigenvalue weighted by Gasteiger charge is -2.38. The van der Waals surface area contributed by atoms with Gasteiger partial charge in [0.2, 0.25) is 0 Å². The summed E-state index contributed by atoms with van der Waals surface area (Å²) in [6, 6.07) is 7.91. The van der Waals surface area contributed by atoms with Gasteiger partial charge in [-0.15, -0.1) is 0 Å². The first-order valence-electron chi connectivity index (χ1n) is 10.2. The molecule has 3 unspecified atom stereocenters. The molecule has 3 atom stereocenters. The van der Waals surface area contributed by atoms with Crippen molar-refractivity contribution in [1.82, 2.24) is 0 Å². The molecule has 1 fully saturated rings. The third-order valence-corrected chi connectivity index (χ3v) is 5.63. The smallest absolute Gasteiger partial charge is 0.188 e. The van der Waals surface area contributed by atoms with Crippen LogP contribution < -0.4 is 4.74 Å². The molecule has 1 aromatic carbocycles. The molecule has 28 heavy (non-hydrogen) atoms. The maximum atomic E-state index is 11.4. The zero-order valence-corrected chi connectivity index (χ0v) is 17.6. The van der Waals surface area contributed by atoms with Crippen LogP contribution in [0.5, 0.6) is 5.75 Å². The van der Waals surface area contributed by atoms with Crippen LogP contribution in [0.25, 0.3) is 0 Å². The molecule has 1 heterocycles. The Bertz CT molecular complexity index is 660. The van der Waals surface area contributed by atoms with Gasteiger partial charge in [0.05, 0.1) is 32.5 Å². The highest BCUT2D eigenvalue weighted by Crippen LogP contribution is 2.42. The van der Waals surface area contributed by atoms with Crippen LogP contribution in [0.1, 0.15) is 52.0 Å². The van der Waals surface area contributed by atoms with E-state index in [2.05, 4.69) is 13.8 Å². The van der Waals surface area contributed by atoms with E-state index < -0.39 is 5.79 Å². The quantitative estimate of drug-likeness (QED) is 0.582. The minimum atomic E-state index is -1.27. The molecule has 0 aromatic heterocycles. The molecule has 1 aliphatic heterocycles. The highest BCUT2D eigenvalue weighted by Gasteiger charge is 2.43.